The number of hydrogen-bond donors (Lipinski definition) is 1. The normalized spacial score (nSPS) is 9.95. The molecular weight excluding hydrogens is 244 g/mol. The van der Waals surface area contributed by atoms with E-state index in [-0.39, 0.29) is 5.75 Å². The summed E-state index contributed by atoms with van der Waals surface area (Å²) < 4.78 is 16.1. The smallest absolute Gasteiger partial charge is 0.161 e. The fraction of sp³-hybridized carbons (Fsp3) is 0.200. The lowest BCUT2D eigenvalue weighted by molar-refractivity contribution is 0.207. The SMILES string of the molecule is COc1ccccc1OCCOc1ccccc1O. The van der Waals surface area contributed by atoms with E-state index in [1.165, 1.54) is 0 Å². The Morgan fingerprint density at radius 1 is 0.789 bits per heavy atom. The summed E-state index contributed by atoms with van der Waals surface area (Å²) >= 11 is 0. The Bertz CT molecular complexity index is 525. The summed E-state index contributed by atoms with van der Waals surface area (Å²) in [5.74, 6) is 1.93. The molecule has 0 unspecified atom stereocenters. The zero-order chi connectivity index (χ0) is 13.5. The first-order valence-electron chi connectivity index (χ1n) is 5.98. The van der Waals surface area contributed by atoms with Gasteiger partial charge in [0.05, 0.1) is 7.11 Å². The van der Waals surface area contributed by atoms with E-state index in [4.69, 9.17) is 14.2 Å². The molecule has 0 aliphatic carbocycles. The standard InChI is InChI=1S/C15H16O4/c1-17-14-8-4-5-9-15(14)19-11-10-18-13-7-3-2-6-12(13)16/h2-9,16H,10-11H2,1H3. The maximum Gasteiger partial charge on any atom is 0.161 e. The molecule has 0 amide bonds. The van der Waals surface area contributed by atoms with Crippen LogP contribution in [0, 0.1) is 0 Å². The molecular formula is C15H16O4. The second-order valence-electron chi connectivity index (χ2n) is 3.82. The van der Waals surface area contributed by atoms with Crippen molar-refractivity contribution in [1.82, 2.24) is 0 Å². The van der Waals surface area contributed by atoms with Crippen molar-refractivity contribution in [2.75, 3.05) is 20.3 Å². The number of methoxy groups -OCH3 is 1. The fourth-order valence-corrected chi connectivity index (χ4v) is 1.62. The van der Waals surface area contributed by atoms with E-state index >= 15 is 0 Å². The molecule has 0 saturated heterocycles. The third kappa shape index (κ3) is 3.55. The van der Waals surface area contributed by atoms with E-state index in [1.54, 1.807) is 31.4 Å². The molecule has 0 atom stereocenters. The topological polar surface area (TPSA) is 47.9 Å². The molecule has 19 heavy (non-hydrogen) atoms. The average Bonchev–Trinajstić information content (AvgIpc) is 2.45. The molecule has 100 valence electrons. The highest BCUT2D eigenvalue weighted by atomic mass is 16.5. The van der Waals surface area contributed by atoms with Crippen molar-refractivity contribution >= 4 is 0 Å². The van der Waals surface area contributed by atoms with Crippen LogP contribution in [0.3, 0.4) is 0 Å². The van der Waals surface area contributed by atoms with Crippen LogP contribution in [0.4, 0.5) is 0 Å². The molecule has 0 bridgehead atoms. The van der Waals surface area contributed by atoms with Gasteiger partial charge in [0.2, 0.25) is 0 Å². The van der Waals surface area contributed by atoms with E-state index < -0.39 is 0 Å². The van der Waals surface area contributed by atoms with Gasteiger partial charge < -0.3 is 19.3 Å². The van der Waals surface area contributed by atoms with Crippen LogP contribution in [0.2, 0.25) is 0 Å². The summed E-state index contributed by atoms with van der Waals surface area (Å²) in [6.45, 7) is 0.713. The van der Waals surface area contributed by atoms with E-state index in [1.807, 2.05) is 24.3 Å². The Morgan fingerprint density at radius 3 is 1.95 bits per heavy atom. The van der Waals surface area contributed by atoms with Crippen LogP contribution in [-0.4, -0.2) is 25.4 Å². The molecule has 0 spiro atoms. The summed E-state index contributed by atoms with van der Waals surface area (Å²) in [5.41, 5.74) is 0. The molecule has 2 aromatic carbocycles. The van der Waals surface area contributed by atoms with Crippen molar-refractivity contribution in [3.05, 3.63) is 48.5 Å². The van der Waals surface area contributed by atoms with Gasteiger partial charge in [0.15, 0.2) is 23.0 Å². The van der Waals surface area contributed by atoms with Crippen molar-refractivity contribution in [3.8, 4) is 23.0 Å². The molecule has 0 radical (unpaired) electrons. The highest BCUT2D eigenvalue weighted by Crippen LogP contribution is 2.26. The maximum absolute atomic E-state index is 9.52. The molecule has 0 fully saturated rings. The quantitative estimate of drug-likeness (QED) is 0.811. The van der Waals surface area contributed by atoms with Crippen molar-refractivity contribution in [2.24, 2.45) is 0 Å². The average molecular weight is 260 g/mol. The molecule has 0 heterocycles. The summed E-state index contributed by atoms with van der Waals surface area (Å²) in [6, 6.07) is 14.3. The van der Waals surface area contributed by atoms with Gasteiger partial charge in [0.1, 0.15) is 13.2 Å². The highest BCUT2D eigenvalue weighted by molar-refractivity contribution is 5.39. The van der Waals surface area contributed by atoms with E-state index in [2.05, 4.69) is 0 Å². The number of rotatable bonds is 6. The number of para-hydroxylation sites is 4. The number of aromatic hydroxyl groups is 1. The predicted octanol–water partition coefficient (Wildman–Crippen LogP) is 2.86. The molecule has 2 aromatic rings. The summed E-state index contributed by atoms with van der Waals surface area (Å²) in [4.78, 5) is 0. The van der Waals surface area contributed by atoms with Gasteiger partial charge in [-0.15, -0.1) is 0 Å². The third-order valence-electron chi connectivity index (χ3n) is 2.53. The van der Waals surface area contributed by atoms with Crippen molar-refractivity contribution in [1.29, 1.82) is 0 Å². The fourth-order valence-electron chi connectivity index (χ4n) is 1.62. The van der Waals surface area contributed by atoms with E-state index in [9.17, 15) is 5.11 Å². The lowest BCUT2D eigenvalue weighted by Gasteiger charge is -2.11. The Labute approximate surface area is 112 Å². The van der Waals surface area contributed by atoms with Crippen LogP contribution in [-0.2, 0) is 0 Å². The number of ether oxygens (including phenoxy) is 3. The van der Waals surface area contributed by atoms with Gasteiger partial charge in [0, 0.05) is 0 Å². The van der Waals surface area contributed by atoms with Gasteiger partial charge in [-0.05, 0) is 24.3 Å². The molecule has 0 aliphatic rings. The lowest BCUT2D eigenvalue weighted by atomic mass is 10.3. The maximum atomic E-state index is 9.52. The van der Waals surface area contributed by atoms with Crippen LogP contribution < -0.4 is 14.2 Å². The zero-order valence-corrected chi connectivity index (χ0v) is 10.7. The van der Waals surface area contributed by atoms with E-state index in [0.717, 1.165) is 0 Å². The largest absolute Gasteiger partial charge is 0.504 e. The minimum atomic E-state index is 0.125. The first kappa shape index (κ1) is 13.1. The minimum Gasteiger partial charge on any atom is -0.504 e. The Balaban J connectivity index is 1.83. The Kier molecular flexibility index (Phi) is 4.50. The Morgan fingerprint density at radius 2 is 1.32 bits per heavy atom. The van der Waals surface area contributed by atoms with Crippen LogP contribution in [0.1, 0.15) is 0 Å². The number of phenols is 1. The zero-order valence-electron chi connectivity index (χ0n) is 10.7. The van der Waals surface area contributed by atoms with Crippen molar-refractivity contribution in [2.45, 2.75) is 0 Å². The molecule has 1 N–H and O–H groups in total. The molecule has 4 heteroatoms. The molecule has 0 aromatic heterocycles. The van der Waals surface area contributed by atoms with Crippen LogP contribution in [0.25, 0.3) is 0 Å². The van der Waals surface area contributed by atoms with Crippen molar-refractivity contribution < 1.29 is 19.3 Å². The van der Waals surface area contributed by atoms with Crippen LogP contribution >= 0.6 is 0 Å². The van der Waals surface area contributed by atoms with Gasteiger partial charge >= 0.3 is 0 Å². The second kappa shape index (κ2) is 6.54. The molecule has 0 aliphatic heterocycles. The number of phenolic OH excluding ortho intramolecular Hbond substituents is 1. The number of benzene rings is 2. The molecule has 0 saturated carbocycles. The first-order chi connectivity index (χ1) is 9.31. The van der Waals surface area contributed by atoms with Gasteiger partial charge in [-0.1, -0.05) is 24.3 Å². The van der Waals surface area contributed by atoms with E-state index in [0.29, 0.717) is 30.5 Å². The van der Waals surface area contributed by atoms with Crippen LogP contribution in [0.15, 0.2) is 48.5 Å². The predicted molar refractivity (Wildman–Crippen MR) is 72.1 cm³/mol. The summed E-state index contributed by atoms with van der Waals surface area (Å²) in [5, 5.41) is 9.52. The lowest BCUT2D eigenvalue weighted by Crippen LogP contribution is -2.09. The molecule has 2 rings (SSSR count). The highest BCUT2D eigenvalue weighted by Gasteiger charge is 2.03. The first-order valence-corrected chi connectivity index (χ1v) is 5.98. The van der Waals surface area contributed by atoms with Crippen molar-refractivity contribution in [3.63, 3.8) is 0 Å². The monoisotopic (exact) mass is 260 g/mol. The van der Waals surface area contributed by atoms with Gasteiger partial charge in [-0.3, -0.25) is 0 Å². The summed E-state index contributed by atoms with van der Waals surface area (Å²) in [7, 11) is 1.60. The van der Waals surface area contributed by atoms with Gasteiger partial charge in [-0.25, -0.2) is 0 Å². The van der Waals surface area contributed by atoms with Crippen LogP contribution in [0.5, 0.6) is 23.0 Å². The Hall–Kier alpha value is -2.36. The third-order valence-corrected chi connectivity index (χ3v) is 2.53. The van der Waals surface area contributed by atoms with Gasteiger partial charge in [-0.2, -0.15) is 0 Å². The number of hydrogen-bond acceptors (Lipinski definition) is 4. The minimum absolute atomic E-state index is 0.125. The molecule has 4 nitrogen and oxygen atoms in total. The van der Waals surface area contributed by atoms with Gasteiger partial charge in [0.25, 0.3) is 0 Å². The second-order valence-corrected chi connectivity index (χ2v) is 3.82. The summed E-state index contributed by atoms with van der Waals surface area (Å²) in [6.07, 6.45) is 0.